The van der Waals surface area contributed by atoms with E-state index in [4.69, 9.17) is 11.6 Å². The van der Waals surface area contributed by atoms with Crippen LogP contribution in [0.15, 0.2) is 12.3 Å². The van der Waals surface area contributed by atoms with Crippen LogP contribution in [0.25, 0.3) is 0 Å². The Morgan fingerprint density at radius 3 is 2.67 bits per heavy atom. The van der Waals surface area contributed by atoms with Gasteiger partial charge in [-0.2, -0.15) is 0 Å². The van der Waals surface area contributed by atoms with Crippen LogP contribution in [0.4, 0.5) is 4.39 Å². The molecule has 0 saturated carbocycles. The third kappa shape index (κ3) is 4.12. The van der Waals surface area contributed by atoms with Gasteiger partial charge in [-0.05, 0) is 18.9 Å². The summed E-state index contributed by atoms with van der Waals surface area (Å²) in [5.41, 5.74) is -0.0257. The summed E-state index contributed by atoms with van der Waals surface area (Å²) in [7, 11) is -3.20. The zero-order valence-corrected chi connectivity index (χ0v) is 12.9. The van der Waals surface area contributed by atoms with E-state index >= 15 is 0 Å². The standard InChI is InChI=1S/C12H15ClFN3O3S/c1-21(19,20)17-4-2-9(3-5-17)16-12(18)10-6-8(14)7-15-11(10)13/h6-7,9H,2-5H2,1H3,(H,16,18). The van der Waals surface area contributed by atoms with E-state index in [-0.39, 0.29) is 16.8 Å². The van der Waals surface area contributed by atoms with Gasteiger partial charge >= 0.3 is 0 Å². The Morgan fingerprint density at radius 2 is 2.10 bits per heavy atom. The predicted molar refractivity (Wildman–Crippen MR) is 76.1 cm³/mol. The maximum absolute atomic E-state index is 13.1. The largest absolute Gasteiger partial charge is 0.349 e. The highest BCUT2D eigenvalue weighted by atomic mass is 35.5. The van der Waals surface area contributed by atoms with Crippen LogP contribution >= 0.6 is 11.6 Å². The van der Waals surface area contributed by atoms with E-state index in [0.29, 0.717) is 25.9 Å². The predicted octanol–water partition coefficient (Wildman–Crippen LogP) is 1.03. The van der Waals surface area contributed by atoms with Gasteiger partial charge in [-0.1, -0.05) is 11.6 Å². The minimum absolute atomic E-state index is 0.0257. The SMILES string of the molecule is CS(=O)(=O)N1CCC(NC(=O)c2cc(F)cnc2Cl)CC1. The summed E-state index contributed by atoms with van der Waals surface area (Å²) in [5.74, 6) is -1.15. The van der Waals surface area contributed by atoms with Crippen LogP contribution in [-0.2, 0) is 10.0 Å². The second-order valence-electron chi connectivity index (χ2n) is 4.90. The van der Waals surface area contributed by atoms with Crippen LogP contribution in [0.1, 0.15) is 23.2 Å². The second kappa shape index (κ2) is 6.25. The topological polar surface area (TPSA) is 79.4 Å². The summed E-state index contributed by atoms with van der Waals surface area (Å²) >= 11 is 5.77. The Morgan fingerprint density at radius 1 is 1.48 bits per heavy atom. The van der Waals surface area contributed by atoms with Crippen molar-refractivity contribution in [3.8, 4) is 0 Å². The van der Waals surface area contributed by atoms with E-state index in [1.54, 1.807) is 0 Å². The second-order valence-corrected chi connectivity index (χ2v) is 7.24. The summed E-state index contributed by atoms with van der Waals surface area (Å²) in [6.45, 7) is 0.692. The molecule has 21 heavy (non-hydrogen) atoms. The van der Waals surface area contributed by atoms with Crippen molar-refractivity contribution in [2.24, 2.45) is 0 Å². The fourth-order valence-corrected chi connectivity index (χ4v) is 3.24. The first-order valence-electron chi connectivity index (χ1n) is 6.34. The van der Waals surface area contributed by atoms with Crippen LogP contribution in [0, 0.1) is 5.82 Å². The molecule has 1 saturated heterocycles. The fourth-order valence-electron chi connectivity index (χ4n) is 2.18. The molecule has 6 nitrogen and oxygen atoms in total. The zero-order chi connectivity index (χ0) is 15.6. The van der Waals surface area contributed by atoms with Crippen LogP contribution in [0.3, 0.4) is 0 Å². The molecule has 1 aliphatic rings. The van der Waals surface area contributed by atoms with Gasteiger partial charge in [-0.15, -0.1) is 0 Å². The number of carbonyl (C=O) groups is 1. The molecule has 2 heterocycles. The van der Waals surface area contributed by atoms with Crippen LogP contribution in [0.2, 0.25) is 5.15 Å². The van der Waals surface area contributed by atoms with E-state index in [0.717, 1.165) is 18.5 Å². The highest BCUT2D eigenvalue weighted by molar-refractivity contribution is 7.88. The van der Waals surface area contributed by atoms with Crippen molar-refractivity contribution in [3.05, 3.63) is 28.8 Å². The van der Waals surface area contributed by atoms with Gasteiger partial charge < -0.3 is 5.32 Å². The molecule has 0 atom stereocenters. The van der Waals surface area contributed by atoms with Gasteiger partial charge in [0.15, 0.2) is 0 Å². The van der Waals surface area contributed by atoms with Gasteiger partial charge in [0.1, 0.15) is 11.0 Å². The molecule has 116 valence electrons. The van der Waals surface area contributed by atoms with Gasteiger partial charge in [0, 0.05) is 19.1 Å². The van der Waals surface area contributed by atoms with Crippen molar-refractivity contribution < 1.29 is 17.6 Å². The number of amides is 1. The maximum Gasteiger partial charge on any atom is 0.254 e. The van der Waals surface area contributed by atoms with Crippen molar-refractivity contribution in [3.63, 3.8) is 0 Å². The molecule has 1 aromatic heterocycles. The molecule has 0 aromatic carbocycles. The molecule has 0 aliphatic carbocycles. The van der Waals surface area contributed by atoms with Crippen molar-refractivity contribution in [1.82, 2.24) is 14.6 Å². The molecule has 1 aliphatic heterocycles. The lowest BCUT2D eigenvalue weighted by molar-refractivity contribution is 0.0923. The quantitative estimate of drug-likeness (QED) is 0.837. The summed E-state index contributed by atoms with van der Waals surface area (Å²) in [6, 6.07) is 0.853. The molecule has 0 bridgehead atoms. The molecular formula is C12H15ClFN3O3S. The number of hydrogen-bond acceptors (Lipinski definition) is 4. The van der Waals surface area contributed by atoms with Gasteiger partial charge in [-0.25, -0.2) is 22.1 Å². The fraction of sp³-hybridized carbons (Fsp3) is 0.500. The Bertz CT molecular complexity index is 645. The number of aromatic nitrogens is 1. The van der Waals surface area contributed by atoms with Gasteiger partial charge in [0.2, 0.25) is 10.0 Å². The molecule has 1 N–H and O–H groups in total. The number of nitrogens with one attached hydrogen (secondary N) is 1. The molecule has 0 spiro atoms. The smallest absolute Gasteiger partial charge is 0.254 e. The minimum Gasteiger partial charge on any atom is -0.349 e. The first kappa shape index (κ1) is 16.1. The Hall–Kier alpha value is -1.25. The Labute approximate surface area is 127 Å². The summed E-state index contributed by atoms with van der Waals surface area (Å²) in [6.07, 6.45) is 3.09. The third-order valence-corrected chi connectivity index (χ3v) is 4.91. The summed E-state index contributed by atoms with van der Waals surface area (Å²) < 4.78 is 37.2. The first-order valence-corrected chi connectivity index (χ1v) is 8.57. The van der Waals surface area contributed by atoms with Crippen molar-refractivity contribution in [1.29, 1.82) is 0 Å². The van der Waals surface area contributed by atoms with Crippen molar-refractivity contribution in [2.75, 3.05) is 19.3 Å². The van der Waals surface area contributed by atoms with Gasteiger partial charge in [-0.3, -0.25) is 4.79 Å². The summed E-state index contributed by atoms with van der Waals surface area (Å²) in [5, 5.41) is 2.66. The Kier molecular flexibility index (Phi) is 4.80. The number of piperidine rings is 1. The third-order valence-electron chi connectivity index (χ3n) is 3.31. The number of rotatable bonds is 3. The van der Waals surface area contributed by atoms with E-state index in [1.165, 1.54) is 4.31 Å². The lowest BCUT2D eigenvalue weighted by atomic mass is 10.1. The van der Waals surface area contributed by atoms with E-state index in [1.807, 2.05) is 0 Å². The number of hydrogen-bond donors (Lipinski definition) is 1. The number of halogens is 2. The number of carbonyl (C=O) groups excluding carboxylic acids is 1. The van der Waals surface area contributed by atoms with Crippen molar-refractivity contribution >= 4 is 27.5 Å². The minimum atomic E-state index is -3.20. The molecule has 1 aromatic rings. The highest BCUT2D eigenvalue weighted by Gasteiger charge is 2.26. The number of nitrogens with zero attached hydrogens (tertiary/aromatic N) is 2. The number of sulfonamides is 1. The van der Waals surface area contributed by atoms with Crippen LogP contribution in [-0.4, -0.2) is 49.0 Å². The van der Waals surface area contributed by atoms with Gasteiger partial charge in [0.05, 0.1) is 18.0 Å². The molecule has 1 amide bonds. The molecule has 0 radical (unpaired) electrons. The molecule has 0 unspecified atom stereocenters. The molecular weight excluding hydrogens is 321 g/mol. The van der Waals surface area contributed by atoms with E-state index in [9.17, 15) is 17.6 Å². The van der Waals surface area contributed by atoms with E-state index in [2.05, 4.69) is 10.3 Å². The lowest BCUT2D eigenvalue weighted by Crippen LogP contribution is -2.46. The van der Waals surface area contributed by atoms with Crippen molar-refractivity contribution in [2.45, 2.75) is 18.9 Å². The monoisotopic (exact) mass is 335 g/mol. The Balaban J connectivity index is 1.97. The highest BCUT2D eigenvalue weighted by Crippen LogP contribution is 2.17. The van der Waals surface area contributed by atoms with Crippen LogP contribution < -0.4 is 5.32 Å². The molecule has 2 rings (SSSR count). The first-order chi connectivity index (χ1) is 9.77. The normalized spacial score (nSPS) is 17.7. The zero-order valence-electron chi connectivity index (χ0n) is 11.3. The lowest BCUT2D eigenvalue weighted by Gasteiger charge is -2.30. The average molecular weight is 336 g/mol. The molecule has 9 heteroatoms. The molecule has 1 fully saturated rings. The van der Waals surface area contributed by atoms with Crippen LogP contribution in [0.5, 0.6) is 0 Å². The average Bonchev–Trinajstić information content (AvgIpc) is 2.41. The maximum atomic E-state index is 13.1. The summed E-state index contributed by atoms with van der Waals surface area (Å²) in [4.78, 5) is 15.6. The number of pyridine rings is 1. The van der Waals surface area contributed by atoms with Gasteiger partial charge in [0.25, 0.3) is 5.91 Å². The van der Waals surface area contributed by atoms with E-state index < -0.39 is 21.7 Å².